The molecule has 20 heavy (non-hydrogen) atoms. The van der Waals surface area contributed by atoms with Crippen LogP contribution in [0.5, 0.6) is 0 Å². The van der Waals surface area contributed by atoms with Gasteiger partial charge in [-0.15, -0.1) is 0 Å². The lowest BCUT2D eigenvalue weighted by molar-refractivity contribution is 0.0696. The Morgan fingerprint density at radius 1 is 1.30 bits per heavy atom. The molecule has 110 valence electrons. The molecule has 1 fully saturated rings. The molecule has 0 amide bonds. The standard InChI is InChI=1S/C15H20BrNO3/c16-14-7-12(5-6-13(14)15(19)20)17-8-10-3-1-2-4-11(10)9-18/h5-7,10-11,17-18H,1-4,8-9H2,(H,19,20). The summed E-state index contributed by atoms with van der Waals surface area (Å²) in [7, 11) is 0. The molecular formula is C15H20BrNO3. The first kappa shape index (κ1) is 15.3. The van der Waals surface area contributed by atoms with E-state index in [9.17, 15) is 9.90 Å². The summed E-state index contributed by atoms with van der Waals surface area (Å²) in [5, 5.41) is 21.7. The Morgan fingerprint density at radius 2 is 2.00 bits per heavy atom. The van der Waals surface area contributed by atoms with Crippen molar-refractivity contribution in [3.05, 3.63) is 28.2 Å². The zero-order chi connectivity index (χ0) is 14.5. The highest BCUT2D eigenvalue weighted by atomic mass is 79.9. The van der Waals surface area contributed by atoms with Crippen molar-refractivity contribution in [2.75, 3.05) is 18.5 Å². The van der Waals surface area contributed by atoms with Crippen molar-refractivity contribution in [3.63, 3.8) is 0 Å². The van der Waals surface area contributed by atoms with Gasteiger partial charge in [-0.3, -0.25) is 0 Å². The van der Waals surface area contributed by atoms with E-state index in [0.29, 0.717) is 16.3 Å². The summed E-state index contributed by atoms with van der Waals surface area (Å²) in [6, 6.07) is 5.17. The fourth-order valence-corrected chi connectivity index (χ4v) is 3.39. The molecule has 2 unspecified atom stereocenters. The summed E-state index contributed by atoms with van der Waals surface area (Å²) in [5.41, 5.74) is 1.17. The number of carbonyl (C=O) groups is 1. The van der Waals surface area contributed by atoms with Crippen LogP contribution in [0.4, 0.5) is 5.69 Å². The Kier molecular flexibility index (Phi) is 5.43. The van der Waals surface area contributed by atoms with E-state index in [1.54, 1.807) is 18.2 Å². The van der Waals surface area contributed by atoms with Gasteiger partial charge in [-0.05, 0) is 58.8 Å². The largest absolute Gasteiger partial charge is 0.478 e. The molecule has 0 spiro atoms. The summed E-state index contributed by atoms with van der Waals surface area (Å²) in [6.07, 6.45) is 4.68. The number of rotatable bonds is 5. The quantitative estimate of drug-likeness (QED) is 0.767. The minimum Gasteiger partial charge on any atom is -0.478 e. The molecule has 2 rings (SSSR count). The van der Waals surface area contributed by atoms with Gasteiger partial charge in [0, 0.05) is 23.3 Å². The zero-order valence-corrected chi connectivity index (χ0v) is 12.9. The van der Waals surface area contributed by atoms with Crippen LogP contribution < -0.4 is 5.32 Å². The molecule has 1 aromatic rings. The third-order valence-electron chi connectivity index (χ3n) is 4.07. The average molecular weight is 342 g/mol. The molecule has 0 heterocycles. The Bertz CT molecular complexity index is 478. The van der Waals surface area contributed by atoms with E-state index in [-0.39, 0.29) is 12.2 Å². The SMILES string of the molecule is O=C(O)c1ccc(NCC2CCCCC2CO)cc1Br. The van der Waals surface area contributed by atoms with Crippen LogP contribution in [0, 0.1) is 11.8 Å². The minimum absolute atomic E-state index is 0.258. The second-order valence-electron chi connectivity index (χ2n) is 5.37. The molecule has 0 aromatic heterocycles. The topological polar surface area (TPSA) is 69.6 Å². The van der Waals surface area contributed by atoms with Gasteiger partial charge >= 0.3 is 5.97 Å². The number of aliphatic hydroxyl groups excluding tert-OH is 1. The lowest BCUT2D eigenvalue weighted by Crippen LogP contribution is -2.28. The molecule has 4 nitrogen and oxygen atoms in total. The molecular weight excluding hydrogens is 322 g/mol. The lowest BCUT2D eigenvalue weighted by atomic mass is 9.79. The fourth-order valence-electron chi connectivity index (χ4n) is 2.84. The Morgan fingerprint density at radius 3 is 2.60 bits per heavy atom. The summed E-state index contributed by atoms with van der Waals surface area (Å²) in [6.45, 7) is 1.08. The molecule has 1 aromatic carbocycles. The predicted molar refractivity (Wildman–Crippen MR) is 82.1 cm³/mol. The van der Waals surface area contributed by atoms with E-state index < -0.39 is 5.97 Å². The Hall–Kier alpha value is -1.07. The van der Waals surface area contributed by atoms with Crippen LogP contribution in [-0.2, 0) is 0 Å². The molecule has 1 aliphatic carbocycles. The molecule has 1 aliphatic rings. The van der Waals surface area contributed by atoms with Crippen molar-refractivity contribution in [2.45, 2.75) is 25.7 Å². The van der Waals surface area contributed by atoms with E-state index in [0.717, 1.165) is 25.1 Å². The van der Waals surface area contributed by atoms with Gasteiger partial charge in [0.2, 0.25) is 0 Å². The van der Waals surface area contributed by atoms with Crippen LogP contribution in [0.15, 0.2) is 22.7 Å². The lowest BCUT2D eigenvalue weighted by Gasteiger charge is -2.30. The van der Waals surface area contributed by atoms with Gasteiger partial charge in [-0.1, -0.05) is 12.8 Å². The van der Waals surface area contributed by atoms with Crippen molar-refractivity contribution in [2.24, 2.45) is 11.8 Å². The highest BCUT2D eigenvalue weighted by Crippen LogP contribution is 2.30. The molecule has 0 bridgehead atoms. The number of hydrogen-bond acceptors (Lipinski definition) is 3. The van der Waals surface area contributed by atoms with Crippen LogP contribution >= 0.6 is 15.9 Å². The number of carboxylic acids is 1. The van der Waals surface area contributed by atoms with Crippen molar-refractivity contribution >= 4 is 27.6 Å². The molecule has 0 aliphatic heterocycles. The number of aliphatic hydroxyl groups is 1. The molecule has 0 radical (unpaired) electrons. The molecule has 0 saturated heterocycles. The van der Waals surface area contributed by atoms with Gasteiger partial charge < -0.3 is 15.5 Å². The maximum absolute atomic E-state index is 10.9. The van der Waals surface area contributed by atoms with E-state index in [4.69, 9.17) is 5.11 Å². The van der Waals surface area contributed by atoms with Crippen LogP contribution in [0.2, 0.25) is 0 Å². The first-order valence-corrected chi connectivity index (χ1v) is 7.78. The van der Waals surface area contributed by atoms with Crippen molar-refractivity contribution in [3.8, 4) is 0 Å². The van der Waals surface area contributed by atoms with Crippen LogP contribution in [0.25, 0.3) is 0 Å². The van der Waals surface area contributed by atoms with Crippen LogP contribution in [0.3, 0.4) is 0 Å². The monoisotopic (exact) mass is 341 g/mol. The van der Waals surface area contributed by atoms with Crippen LogP contribution in [0.1, 0.15) is 36.0 Å². The van der Waals surface area contributed by atoms with Gasteiger partial charge in [-0.2, -0.15) is 0 Å². The zero-order valence-electron chi connectivity index (χ0n) is 11.3. The highest BCUT2D eigenvalue weighted by molar-refractivity contribution is 9.10. The third kappa shape index (κ3) is 3.73. The third-order valence-corrected chi connectivity index (χ3v) is 4.72. The maximum Gasteiger partial charge on any atom is 0.336 e. The van der Waals surface area contributed by atoms with E-state index in [2.05, 4.69) is 21.2 Å². The van der Waals surface area contributed by atoms with Crippen molar-refractivity contribution in [1.29, 1.82) is 0 Å². The fraction of sp³-hybridized carbons (Fsp3) is 0.533. The summed E-state index contributed by atoms with van der Waals surface area (Å²) >= 11 is 3.28. The number of anilines is 1. The first-order valence-electron chi connectivity index (χ1n) is 6.99. The van der Waals surface area contributed by atoms with Gasteiger partial charge in [0.25, 0.3) is 0 Å². The average Bonchev–Trinajstić information content (AvgIpc) is 2.45. The van der Waals surface area contributed by atoms with Gasteiger partial charge in [0.05, 0.1) is 5.56 Å². The number of hydrogen-bond donors (Lipinski definition) is 3. The smallest absolute Gasteiger partial charge is 0.336 e. The van der Waals surface area contributed by atoms with E-state index in [1.165, 1.54) is 12.8 Å². The van der Waals surface area contributed by atoms with Gasteiger partial charge in [0.1, 0.15) is 0 Å². The first-order chi connectivity index (χ1) is 9.61. The summed E-state index contributed by atoms with van der Waals surface area (Å²) in [5.74, 6) is -0.0549. The van der Waals surface area contributed by atoms with Crippen molar-refractivity contribution < 1.29 is 15.0 Å². The van der Waals surface area contributed by atoms with Crippen molar-refractivity contribution in [1.82, 2.24) is 0 Å². The number of halogens is 1. The molecule has 2 atom stereocenters. The predicted octanol–water partition coefficient (Wildman–Crippen LogP) is 3.36. The summed E-state index contributed by atoms with van der Waals surface area (Å²) < 4.78 is 0.581. The number of aromatic carboxylic acids is 1. The highest BCUT2D eigenvalue weighted by Gasteiger charge is 2.24. The van der Waals surface area contributed by atoms with E-state index >= 15 is 0 Å². The number of carboxylic acid groups (broad SMARTS) is 1. The Labute approximate surface area is 127 Å². The van der Waals surface area contributed by atoms with Gasteiger partial charge in [-0.25, -0.2) is 4.79 Å². The minimum atomic E-state index is -0.934. The Balaban J connectivity index is 1.96. The van der Waals surface area contributed by atoms with E-state index in [1.807, 2.05) is 0 Å². The van der Waals surface area contributed by atoms with Gasteiger partial charge in [0.15, 0.2) is 0 Å². The second kappa shape index (κ2) is 7.09. The second-order valence-corrected chi connectivity index (χ2v) is 6.22. The molecule has 1 saturated carbocycles. The normalized spacial score (nSPS) is 22.5. The molecule has 3 N–H and O–H groups in total. The summed E-state index contributed by atoms with van der Waals surface area (Å²) in [4.78, 5) is 10.9. The number of nitrogens with one attached hydrogen (secondary N) is 1. The maximum atomic E-state index is 10.9. The van der Waals surface area contributed by atoms with Crippen LogP contribution in [-0.4, -0.2) is 29.3 Å². The number of benzene rings is 1. The molecule has 5 heteroatoms.